The fourth-order valence-electron chi connectivity index (χ4n) is 2.38. The van der Waals surface area contributed by atoms with Gasteiger partial charge < -0.3 is 5.32 Å². The quantitative estimate of drug-likeness (QED) is 0.582. The predicted molar refractivity (Wildman–Crippen MR) is 73.0 cm³/mol. The van der Waals surface area contributed by atoms with Crippen molar-refractivity contribution in [2.24, 2.45) is 0 Å². The van der Waals surface area contributed by atoms with Crippen molar-refractivity contribution in [3.8, 4) is 0 Å². The Morgan fingerprint density at radius 2 is 2.11 bits per heavy atom. The lowest BCUT2D eigenvalue weighted by molar-refractivity contribution is 0.102. The molecule has 0 saturated carbocycles. The van der Waals surface area contributed by atoms with Gasteiger partial charge in [-0.1, -0.05) is 29.3 Å². The van der Waals surface area contributed by atoms with E-state index in [9.17, 15) is 4.79 Å². The molecule has 1 aliphatic carbocycles. The average Bonchev–Trinajstić information content (AvgIpc) is 2.48. The van der Waals surface area contributed by atoms with Crippen LogP contribution in [-0.2, 0) is 6.42 Å². The molecule has 1 aromatic rings. The second-order valence-corrected chi connectivity index (χ2v) is 5.34. The molecule has 2 nitrogen and oxygen atoms in total. The third-order valence-corrected chi connectivity index (χ3v) is 3.76. The number of alkyl halides is 1. The van der Waals surface area contributed by atoms with Crippen LogP contribution in [0.4, 0.5) is 0 Å². The Kier molecular flexibility index (Phi) is 2.92. The van der Waals surface area contributed by atoms with E-state index in [-0.39, 0.29) is 11.3 Å². The number of nitrogens with one attached hydrogen (secondary N) is 1. The molecule has 3 rings (SSSR count). The molecule has 18 heavy (non-hydrogen) atoms. The number of fused-ring (bicyclic) bond motifs is 1. The fraction of sp³-hybridized carbons (Fsp3) is 0.214. The lowest BCUT2D eigenvalue weighted by Crippen LogP contribution is -2.29. The first kappa shape index (κ1) is 11.8. The fourth-order valence-corrected chi connectivity index (χ4v) is 2.75. The Hall–Kier alpha value is -1.25. The molecular weight excluding hydrogens is 269 g/mol. The van der Waals surface area contributed by atoms with Crippen LogP contribution in [0.5, 0.6) is 0 Å². The van der Waals surface area contributed by atoms with E-state index < -0.39 is 0 Å². The number of dihydropyridines is 1. The summed E-state index contributed by atoms with van der Waals surface area (Å²) >= 11 is 12.0. The zero-order chi connectivity index (χ0) is 12.7. The van der Waals surface area contributed by atoms with E-state index in [4.69, 9.17) is 23.2 Å². The van der Waals surface area contributed by atoms with Crippen LogP contribution in [0.25, 0.3) is 0 Å². The minimum absolute atomic E-state index is 0.00386. The van der Waals surface area contributed by atoms with Crippen LogP contribution >= 0.6 is 23.2 Å². The molecule has 0 aromatic heterocycles. The van der Waals surface area contributed by atoms with Gasteiger partial charge in [0.25, 0.3) is 0 Å². The monoisotopic (exact) mass is 279 g/mol. The Morgan fingerprint density at radius 3 is 2.94 bits per heavy atom. The molecule has 0 radical (unpaired) electrons. The molecule has 1 aliphatic heterocycles. The van der Waals surface area contributed by atoms with Crippen molar-refractivity contribution >= 4 is 29.0 Å². The number of halogens is 2. The number of carbonyl (C=O) groups excluding carboxylic acids is 1. The average molecular weight is 280 g/mol. The summed E-state index contributed by atoms with van der Waals surface area (Å²) in [6, 6.07) is 5.41. The number of aryl methyl sites for hydroxylation is 1. The molecule has 0 spiro atoms. The Bertz CT molecular complexity index is 589. The Labute approximate surface area is 115 Å². The third kappa shape index (κ3) is 1.96. The van der Waals surface area contributed by atoms with E-state index in [1.165, 1.54) is 0 Å². The van der Waals surface area contributed by atoms with Gasteiger partial charge in [-0.15, -0.1) is 0 Å². The summed E-state index contributed by atoms with van der Waals surface area (Å²) in [7, 11) is 0. The highest BCUT2D eigenvalue weighted by atomic mass is 35.5. The number of Topliss-reactive ketones (excluding diaryl/α,β-unsaturated/α-hetero) is 1. The summed E-state index contributed by atoms with van der Waals surface area (Å²) in [6.07, 6.45) is 5.44. The van der Waals surface area contributed by atoms with Crippen LogP contribution in [0.1, 0.15) is 22.3 Å². The molecule has 2 aliphatic rings. The van der Waals surface area contributed by atoms with Gasteiger partial charge in [0.05, 0.1) is 5.70 Å². The molecule has 1 aromatic carbocycles. The largest absolute Gasteiger partial charge is 0.363 e. The minimum Gasteiger partial charge on any atom is -0.363 e. The zero-order valence-corrected chi connectivity index (χ0v) is 11.1. The van der Waals surface area contributed by atoms with Crippen molar-refractivity contribution in [2.75, 3.05) is 0 Å². The van der Waals surface area contributed by atoms with Crippen molar-refractivity contribution in [3.63, 3.8) is 0 Å². The number of carbonyl (C=O) groups is 1. The molecule has 92 valence electrons. The second-order valence-electron chi connectivity index (χ2n) is 4.44. The molecule has 0 bridgehead atoms. The van der Waals surface area contributed by atoms with Crippen LogP contribution in [0, 0.1) is 0 Å². The Morgan fingerprint density at radius 1 is 1.28 bits per heavy atom. The van der Waals surface area contributed by atoms with Crippen molar-refractivity contribution in [2.45, 2.75) is 18.3 Å². The zero-order valence-electron chi connectivity index (χ0n) is 9.54. The normalized spacial score (nSPS) is 22.1. The number of hydrogen-bond donors (Lipinski definition) is 1. The van der Waals surface area contributed by atoms with Crippen molar-refractivity contribution < 1.29 is 4.79 Å². The summed E-state index contributed by atoms with van der Waals surface area (Å²) in [5, 5.41) is 3.71. The van der Waals surface area contributed by atoms with E-state index in [0.29, 0.717) is 10.7 Å². The first-order valence-corrected chi connectivity index (χ1v) is 6.61. The van der Waals surface area contributed by atoms with Crippen molar-refractivity contribution in [1.29, 1.82) is 0 Å². The third-order valence-electron chi connectivity index (χ3n) is 3.27. The van der Waals surface area contributed by atoms with Gasteiger partial charge in [-0.3, -0.25) is 4.79 Å². The van der Waals surface area contributed by atoms with Crippen LogP contribution in [0.2, 0.25) is 5.02 Å². The Balaban J connectivity index is 2.09. The summed E-state index contributed by atoms with van der Waals surface area (Å²) in [6.45, 7) is 0. The topological polar surface area (TPSA) is 29.1 Å². The molecule has 0 amide bonds. The maximum Gasteiger partial charge on any atom is 0.209 e. The maximum atomic E-state index is 12.5. The van der Waals surface area contributed by atoms with Gasteiger partial charge in [0.15, 0.2) is 0 Å². The van der Waals surface area contributed by atoms with Crippen LogP contribution < -0.4 is 5.32 Å². The number of ketones is 1. The van der Waals surface area contributed by atoms with E-state index in [1.54, 1.807) is 12.1 Å². The number of allylic oxidation sites excluding steroid dienone is 3. The van der Waals surface area contributed by atoms with Gasteiger partial charge in [0.1, 0.15) is 5.50 Å². The van der Waals surface area contributed by atoms with E-state index in [0.717, 1.165) is 29.5 Å². The molecule has 0 saturated heterocycles. The van der Waals surface area contributed by atoms with E-state index >= 15 is 0 Å². The lowest BCUT2D eigenvalue weighted by Gasteiger charge is -2.19. The van der Waals surface area contributed by atoms with Gasteiger partial charge in [-0.05, 0) is 48.3 Å². The smallest absolute Gasteiger partial charge is 0.209 e. The van der Waals surface area contributed by atoms with Gasteiger partial charge in [0, 0.05) is 10.6 Å². The summed E-state index contributed by atoms with van der Waals surface area (Å²) in [4.78, 5) is 12.5. The second kappa shape index (κ2) is 4.45. The molecule has 1 atom stereocenters. The van der Waals surface area contributed by atoms with Crippen molar-refractivity contribution in [3.05, 3.63) is 57.8 Å². The highest BCUT2D eigenvalue weighted by Crippen LogP contribution is 2.29. The SMILES string of the molecule is O=C1C2=C(C=CC(Cl)N2)CCc2cc(Cl)ccc21. The number of rotatable bonds is 0. The molecule has 1 N–H and O–H groups in total. The van der Waals surface area contributed by atoms with Gasteiger partial charge >= 0.3 is 0 Å². The molecule has 4 heteroatoms. The summed E-state index contributed by atoms with van der Waals surface area (Å²) < 4.78 is 0. The van der Waals surface area contributed by atoms with Crippen LogP contribution in [-0.4, -0.2) is 11.3 Å². The summed E-state index contributed by atoms with van der Waals surface area (Å²) in [5.74, 6) is 0.00386. The van der Waals surface area contributed by atoms with Crippen LogP contribution in [0.15, 0.2) is 41.6 Å². The predicted octanol–water partition coefficient (Wildman–Crippen LogP) is 3.45. The molecule has 1 unspecified atom stereocenters. The first-order chi connectivity index (χ1) is 8.65. The first-order valence-electron chi connectivity index (χ1n) is 5.80. The van der Waals surface area contributed by atoms with E-state index in [1.807, 2.05) is 18.2 Å². The highest BCUT2D eigenvalue weighted by Gasteiger charge is 2.25. The van der Waals surface area contributed by atoms with Gasteiger partial charge in [-0.25, -0.2) is 0 Å². The van der Waals surface area contributed by atoms with Gasteiger partial charge in [-0.2, -0.15) is 0 Å². The van der Waals surface area contributed by atoms with E-state index in [2.05, 4.69) is 5.32 Å². The van der Waals surface area contributed by atoms with Gasteiger partial charge in [0.2, 0.25) is 5.78 Å². The minimum atomic E-state index is -0.318. The lowest BCUT2D eigenvalue weighted by atomic mass is 10.0. The number of hydrogen-bond acceptors (Lipinski definition) is 2. The maximum absolute atomic E-state index is 12.5. The van der Waals surface area contributed by atoms with Crippen LogP contribution in [0.3, 0.4) is 0 Å². The molecular formula is C14H11Cl2NO. The van der Waals surface area contributed by atoms with Crippen molar-refractivity contribution in [1.82, 2.24) is 5.32 Å². The molecule has 0 fully saturated rings. The summed E-state index contributed by atoms with van der Waals surface area (Å²) in [5.41, 5.74) is 3.05. The molecule has 1 heterocycles. The highest BCUT2D eigenvalue weighted by molar-refractivity contribution is 6.31. The number of benzene rings is 1. The standard InChI is InChI=1S/C14H11Cl2NO/c15-10-4-5-11-9(7-10)2-1-8-3-6-12(16)17-13(8)14(11)18/h3-7,12,17H,1-2H2.